The van der Waals surface area contributed by atoms with Gasteiger partial charge in [0.15, 0.2) is 0 Å². The second-order valence-electron chi connectivity index (χ2n) is 5.85. The zero-order valence-corrected chi connectivity index (χ0v) is 13.5. The molecule has 0 aromatic heterocycles. The largest absolute Gasteiger partial charge is 0.497 e. The Bertz CT molecular complexity index is 671. The number of para-hydroxylation sites is 1. The molecule has 4 rings (SSSR count). The quantitative estimate of drug-likeness (QED) is 0.905. The first-order valence-electron chi connectivity index (χ1n) is 7.77. The molecule has 2 aromatic rings. The van der Waals surface area contributed by atoms with Crippen LogP contribution in [0.25, 0.3) is 0 Å². The molecule has 22 heavy (non-hydrogen) atoms. The minimum atomic E-state index is 0.592. The molecule has 2 unspecified atom stereocenters. The maximum absolute atomic E-state index is 5.23. The summed E-state index contributed by atoms with van der Waals surface area (Å²) in [6.45, 7) is 2.20. The van der Waals surface area contributed by atoms with Crippen molar-refractivity contribution < 1.29 is 4.74 Å². The van der Waals surface area contributed by atoms with Crippen LogP contribution in [-0.4, -0.2) is 26.2 Å². The van der Waals surface area contributed by atoms with E-state index >= 15 is 0 Å². The van der Waals surface area contributed by atoms with Gasteiger partial charge in [-0.2, -0.15) is 0 Å². The summed E-state index contributed by atoms with van der Waals surface area (Å²) < 4.78 is 5.23. The topological polar surface area (TPSA) is 33.3 Å². The molecule has 1 fully saturated rings. The van der Waals surface area contributed by atoms with Gasteiger partial charge < -0.3 is 15.4 Å². The minimum Gasteiger partial charge on any atom is -0.497 e. The summed E-state index contributed by atoms with van der Waals surface area (Å²) in [5.74, 6) is 1.51. The second kappa shape index (κ2) is 5.86. The Morgan fingerprint density at radius 1 is 1.14 bits per heavy atom. The molecule has 1 saturated heterocycles. The van der Waals surface area contributed by atoms with Gasteiger partial charge in [0.25, 0.3) is 0 Å². The van der Waals surface area contributed by atoms with Crippen molar-refractivity contribution in [3.05, 3.63) is 48.0 Å². The lowest BCUT2D eigenvalue weighted by atomic mass is 9.91. The molecule has 0 bridgehead atoms. The molecule has 2 heterocycles. The third-order valence-electron chi connectivity index (χ3n) is 4.56. The highest BCUT2D eigenvalue weighted by molar-refractivity contribution is 7.99. The highest BCUT2D eigenvalue weighted by Gasteiger charge is 2.34. The summed E-state index contributed by atoms with van der Waals surface area (Å²) in [4.78, 5) is 2.56. The van der Waals surface area contributed by atoms with Crippen molar-refractivity contribution in [2.75, 3.05) is 25.5 Å². The summed E-state index contributed by atoms with van der Waals surface area (Å²) in [6.07, 6.45) is 1.20. The molecule has 0 spiro atoms. The monoisotopic (exact) mass is 312 g/mol. The minimum absolute atomic E-state index is 0.592. The molecular formula is C18H20N2OS. The van der Waals surface area contributed by atoms with Crippen LogP contribution in [0.4, 0.5) is 5.69 Å². The van der Waals surface area contributed by atoms with Crippen LogP contribution in [0, 0.1) is 0 Å². The number of hydrogen-bond donors (Lipinski definition) is 2. The first-order chi connectivity index (χ1) is 10.8. The molecule has 0 radical (unpaired) electrons. The van der Waals surface area contributed by atoms with Gasteiger partial charge in [-0.15, -0.1) is 0 Å². The third kappa shape index (κ3) is 2.46. The van der Waals surface area contributed by atoms with Crippen molar-refractivity contribution in [2.24, 2.45) is 0 Å². The van der Waals surface area contributed by atoms with E-state index in [9.17, 15) is 0 Å². The molecule has 2 aliphatic rings. The van der Waals surface area contributed by atoms with Crippen molar-refractivity contribution in [2.45, 2.75) is 28.2 Å². The number of nitrogens with one attached hydrogen (secondary N) is 2. The Balaban J connectivity index is 1.62. The van der Waals surface area contributed by atoms with Crippen LogP contribution in [0.5, 0.6) is 5.75 Å². The lowest BCUT2D eigenvalue weighted by Gasteiger charge is -2.26. The van der Waals surface area contributed by atoms with E-state index in [1.807, 2.05) is 23.9 Å². The van der Waals surface area contributed by atoms with E-state index in [0.717, 1.165) is 18.8 Å². The molecule has 3 nitrogen and oxygen atoms in total. The van der Waals surface area contributed by atoms with E-state index in [4.69, 9.17) is 4.74 Å². The Labute approximate surface area is 135 Å². The molecule has 0 aliphatic carbocycles. The SMILES string of the molecule is COc1ccc(Sc2cccc3c2NC2CCNCC32)cc1. The van der Waals surface area contributed by atoms with Crippen LogP contribution in [0.3, 0.4) is 0 Å². The van der Waals surface area contributed by atoms with Crippen molar-refractivity contribution >= 4 is 17.4 Å². The number of methoxy groups -OCH3 is 1. The fourth-order valence-electron chi connectivity index (χ4n) is 3.41. The number of hydrogen-bond acceptors (Lipinski definition) is 4. The molecule has 0 amide bonds. The van der Waals surface area contributed by atoms with Crippen LogP contribution in [0.1, 0.15) is 17.9 Å². The highest BCUT2D eigenvalue weighted by atomic mass is 32.2. The zero-order chi connectivity index (χ0) is 14.9. The highest BCUT2D eigenvalue weighted by Crippen LogP contribution is 2.45. The number of rotatable bonds is 3. The first kappa shape index (κ1) is 14.0. The lowest BCUT2D eigenvalue weighted by Crippen LogP contribution is -2.38. The maximum atomic E-state index is 5.23. The number of benzene rings is 2. The Morgan fingerprint density at radius 3 is 2.82 bits per heavy atom. The summed E-state index contributed by atoms with van der Waals surface area (Å²) >= 11 is 1.82. The van der Waals surface area contributed by atoms with Gasteiger partial charge in [0.2, 0.25) is 0 Å². The van der Waals surface area contributed by atoms with Gasteiger partial charge in [0.1, 0.15) is 5.75 Å². The van der Waals surface area contributed by atoms with Crippen LogP contribution >= 0.6 is 11.8 Å². The average molecular weight is 312 g/mol. The smallest absolute Gasteiger partial charge is 0.118 e. The molecule has 2 aliphatic heterocycles. The molecule has 2 N–H and O–H groups in total. The standard InChI is InChI=1S/C18H20N2OS/c1-21-12-5-7-13(8-6-12)22-17-4-2-3-14-15-11-19-10-9-16(15)20-18(14)17/h2-8,15-16,19-20H,9-11H2,1H3. The van der Waals surface area contributed by atoms with E-state index in [0.29, 0.717) is 12.0 Å². The summed E-state index contributed by atoms with van der Waals surface area (Å²) in [7, 11) is 1.70. The van der Waals surface area contributed by atoms with Gasteiger partial charge in [-0.3, -0.25) is 0 Å². The van der Waals surface area contributed by atoms with E-state index < -0.39 is 0 Å². The Hall–Kier alpha value is -1.65. The van der Waals surface area contributed by atoms with Crippen LogP contribution in [-0.2, 0) is 0 Å². The number of piperidine rings is 1. The predicted molar refractivity (Wildman–Crippen MR) is 91.2 cm³/mol. The summed E-state index contributed by atoms with van der Waals surface area (Å²) in [6, 6.07) is 15.5. The van der Waals surface area contributed by atoms with E-state index in [1.54, 1.807) is 7.11 Å². The average Bonchev–Trinajstić information content (AvgIpc) is 2.95. The summed E-state index contributed by atoms with van der Waals surface area (Å²) in [5.41, 5.74) is 2.80. The summed E-state index contributed by atoms with van der Waals surface area (Å²) in [5, 5.41) is 7.28. The molecule has 114 valence electrons. The van der Waals surface area contributed by atoms with Crippen molar-refractivity contribution in [1.29, 1.82) is 0 Å². The fourth-order valence-corrected chi connectivity index (χ4v) is 4.36. The Morgan fingerprint density at radius 2 is 2.00 bits per heavy atom. The number of anilines is 1. The maximum Gasteiger partial charge on any atom is 0.118 e. The van der Waals surface area contributed by atoms with E-state index in [2.05, 4.69) is 41.0 Å². The van der Waals surface area contributed by atoms with Crippen molar-refractivity contribution in [1.82, 2.24) is 5.32 Å². The van der Waals surface area contributed by atoms with Gasteiger partial charge in [0, 0.05) is 28.3 Å². The lowest BCUT2D eigenvalue weighted by molar-refractivity contribution is 0.414. The first-order valence-corrected chi connectivity index (χ1v) is 8.59. The molecule has 2 atom stereocenters. The van der Waals surface area contributed by atoms with E-state index in [-0.39, 0.29) is 0 Å². The number of fused-ring (bicyclic) bond motifs is 3. The van der Waals surface area contributed by atoms with Gasteiger partial charge in [0.05, 0.1) is 12.8 Å². The van der Waals surface area contributed by atoms with Gasteiger partial charge >= 0.3 is 0 Å². The van der Waals surface area contributed by atoms with Crippen LogP contribution in [0.15, 0.2) is 52.3 Å². The van der Waals surface area contributed by atoms with Gasteiger partial charge in [-0.25, -0.2) is 0 Å². The van der Waals surface area contributed by atoms with Gasteiger partial charge in [-0.1, -0.05) is 23.9 Å². The Kier molecular flexibility index (Phi) is 3.72. The number of ether oxygens (including phenoxy) is 1. The fraction of sp³-hybridized carbons (Fsp3) is 0.333. The third-order valence-corrected chi connectivity index (χ3v) is 5.62. The van der Waals surface area contributed by atoms with Crippen LogP contribution < -0.4 is 15.4 Å². The normalized spacial score (nSPS) is 22.6. The second-order valence-corrected chi connectivity index (χ2v) is 6.96. The predicted octanol–water partition coefficient (Wildman–Crippen LogP) is 3.72. The van der Waals surface area contributed by atoms with E-state index in [1.165, 1.54) is 27.5 Å². The zero-order valence-electron chi connectivity index (χ0n) is 12.6. The molecule has 0 saturated carbocycles. The van der Waals surface area contributed by atoms with Gasteiger partial charge in [-0.05, 0) is 48.9 Å². The van der Waals surface area contributed by atoms with Crippen LogP contribution in [0.2, 0.25) is 0 Å². The molecule has 4 heteroatoms. The molecular weight excluding hydrogens is 292 g/mol. The van der Waals surface area contributed by atoms with Crippen molar-refractivity contribution in [3.8, 4) is 5.75 Å². The van der Waals surface area contributed by atoms with Crippen molar-refractivity contribution in [3.63, 3.8) is 0 Å². The molecule has 2 aromatic carbocycles.